The zero-order valence-electron chi connectivity index (χ0n) is 11.5. The fraction of sp³-hybridized carbons (Fsp3) is 0.357. The van der Waals surface area contributed by atoms with Crippen LogP contribution in [-0.2, 0) is 11.7 Å². The maximum absolute atomic E-state index is 12.8. The van der Waals surface area contributed by atoms with Gasteiger partial charge in [0.05, 0.1) is 29.3 Å². The summed E-state index contributed by atoms with van der Waals surface area (Å²) in [5, 5.41) is 3.12. The molecule has 1 N–H and O–H groups in total. The zero-order valence-corrected chi connectivity index (χ0v) is 11.5. The molecule has 0 saturated heterocycles. The van der Waals surface area contributed by atoms with Gasteiger partial charge in [0.15, 0.2) is 0 Å². The van der Waals surface area contributed by atoms with Crippen LogP contribution >= 0.6 is 0 Å². The molecule has 0 unspecified atom stereocenters. The van der Waals surface area contributed by atoms with Crippen LogP contribution in [0.15, 0.2) is 36.8 Å². The highest BCUT2D eigenvalue weighted by Gasteiger charge is 2.31. The lowest BCUT2D eigenvalue weighted by molar-refractivity contribution is -0.137. The first-order valence-corrected chi connectivity index (χ1v) is 6.15. The Bertz CT molecular complexity index is 600. The minimum absolute atomic E-state index is 0.398. The van der Waals surface area contributed by atoms with Gasteiger partial charge in [-0.25, -0.2) is 4.98 Å². The van der Waals surface area contributed by atoms with Gasteiger partial charge in [-0.1, -0.05) is 6.07 Å². The molecule has 3 nitrogen and oxygen atoms in total. The normalized spacial score (nSPS) is 12.7. The average molecular weight is 283 g/mol. The number of hydrogen-bond acceptors (Lipinski definition) is 2. The molecule has 1 aromatic carbocycles. The van der Waals surface area contributed by atoms with Crippen molar-refractivity contribution in [1.29, 1.82) is 0 Å². The summed E-state index contributed by atoms with van der Waals surface area (Å²) in [5.41, 5.74) is 0.164. The van der Waals surface area contributed by atoms with Crippen molar-refractivity contribution in [2.75, 3.05) is 7.05 Å². The lowest BCUT2D eigenvalue weighted by atomic mass is 10.0. The van der Waals surface area contributed by atoms with Gasteiger partial charge in [0.25, 0.3) is 0 Å². The molecule has 2 rings (SSSR count). The first kappa shape index (κ1) is 14.6. The third kappa shape index (κ3) is 2.70. The molecule has 0 radical (unpaired) electrons. The van der Waals surface area contributed by atoms with Crippen LogP contribution < -0.4 is 5.32 Å². The van der Waals surface area contributed by atoms with E-state index in [1.54, 1.807) is 23.9 Å². The number of imidazole rings is 1. The summed E-state index contributed by atoms with van der Waals surface area (Å²) < 4.78 is 40.0. The van der Waals surface area contributed by atoms with E-state index in [2.05, 4.69) is 10.3 Å². The largest absolute Gasteiger partial charge is 0.416 e. The van der Waals surface area contributed by atoms with Gasteiger partial charge in [-0.05, 0) is 39.1 Å². The van der Waals surface area contributed by atoms with Crippen LogP contribution in [0, 0.1) is 0 Å². The third-order valence-corrected chi connectivity index (χ3v) is 3.36. The molecule has 1 heterocycles. The number of hydrogen-bond donors (Lipinski definition) is 1. The van der Waals surface area contributed by atoms with Crippen molar-refractivity contribution in [2.24, 2.45) is 0 Å². The fourth-order valence-corrected chi connectivity index (χ4v) is 1.92. The smallest absolute Gasteiger partial charge is 0.310 e. The van der Waals surface area contributed by atoms with E-state index < -0.39 is 17.3 Å². The molecule has 0 aliphatic rings. The monoisotopic (exact) mass is 283 g/mol. The number of aromatic nitrogens is 2. The van der Waals surface area contributed by atoms with Crippen molar-refractivity contribution in [3.63, 3.8) is 0 Å². The third-order valence-electron chi connectivity index (χ3n) is 3.36. The summed E-state index contributed by atoms with van der Waals surface area (Å²) in [4.78, 5) is 4.05. The Morgan fingerprint density at radius 1 is 1.20 bits per heavy atom. The van der Waals surface area contributed by atoms with Crippen LogP contribution in [0.4, 0.5) is 13.2 Å². The van der Waals surface area contributed by atoms with Gasteiger partial charge < -0.3 is 9.88 Å². The second-order valence-corrected chi connectivity index (χ2v) is 5.07. The lowest BCUT2D eigenvalue weighted by Crippen LogP contribution is -2.35. The first-order valence-electron chi connectivity index (χ1n) is 6.15. The van der Waals surface area contributed by atoms with Gasteiger partial charge in [-0.15, -0.1) is 0 Å². The molecule has 0 aliphatic heterocycles. The van der Waals surface area contributed by atoms with E-state index >= 15 is 0 Å². The van der Waals surface area contributed by atoms with Crippen LogP contribution in [0.5, 0.6) is 0 Å². The molecule has 0 aliphatic carbocycles. The molecule has 6 heteroatoms. The maximum Gasteiger partial charge on any atom is 0.416 e. The molecule has 0 fully saturated rings. The van der Waals surface area contributed by atoms with Crippen LogP contribution in [0.25, 0.3) is 5.69 Å². The van der Waals surface area contributed by atoms with E-state index in [1.807, 2.05) is 13.8 Å². The summed E-state index contributed by atoms with van der Waals surface area (Å²) in [6, 6.07) is 5.21. The molecular weight excluding hydrogens is 267 g/mol. The van der Waals surface area contributed by atoms with Crippen LogP contribution in [0.2, 0.25) is 0 Å². The Kier molecular flexibility index (Phi) is 3.60. The van der Waals surface area contributed by atoms with E-state index in [9.17, 15) is 13.2 Å². The Morgan fingerprint density at radius 3 is 2.50 bits per heavy atom. The van der Waals surface area contributed by atoms with Gasteiger partial charge in [0.1, 0.15) is 0 Å². The summed E-state index contributed by atoms with van der Waals surface area (Å²) in [5.74, 6) is 0. The molecule has 20 heavy (non-hydrogen) atoms. The van der Waals surface area contributed by atoms with Gasteiger partial charge in [-0.2, -0.15) is 13.2 Å². The fourth-order valence-electron chi connectivity index (χ4n) is 1.92. The van der Waals surface area contributed by atoms with E-state index in [-0.39, 0.29) is 0 Å². The summed E-state index contributed by atoms with van der Waals surface area (Å²) in [7, 11) is 1.80. The van der Waals surface area contributed by atoms with Gasteiger partial charge >= 0.3 is 6.18 Å². The number of nitrogens with one attached hydrogen (secondary N) is 1. The number of halogens is 3. The highest BCUT2D eigenvalue weighted by atomic mass is 19.4. The van der Waals surface area contributed by atoms with Crippen molar-refractivity contribution >= 4 is 0 Å². The second kappa shape index (κ2) is 4.94. The van der Waals surface area contributed by atoms with E-state index in [0.717, 1.165) is 17.8 Å². The highest BCUT2D eigenvalue weighted by molar-refractivity contribution is 5.39. The van der Waals surface area contributed by atoms with Crippen molar-refractivity contribution in [3.05, 3.63) is 48.0 Å². The number of nitrogens with zero attached hydrogens (tertiary/aromatic N) is 2. The van der Waals surface area contributed by atoms with Crippen LogP contribution in [0.1, 0.15) is 25.1 Å². The summed E-state index contributed by atoms with van der Waals surface area (Å²) in [6.07, 6.45) is -1.18. The number of benzene rings is 1. The lowest BCUT2D eigenvalue weighted by Gasteiger charge is -2.25. The van der Waals surface area contributed by atoms with E-state index in [0.29, 0.717) is 5.69 Å². The minimum Gasteiger partial charge on any atom is -0.310 e. The Labute approximate surface area is 115 Å². The Balaban J connectivity index is 2.51. The van der Waals surface area contributed by atoms with E-state index in [4.69, 9.17) is 0 Å². The minimum atomic E-state index is -4.35. The quantitative estimate of drug-likeness (QED) is 0.936. The molecule has 0 spiro atoms. The second-order valence-electron chi connectivity index (χ2n) is 5.07. The molecule has 2 aromatic rings. The predicted octanol–water partition coefficient (Wildman–Crippen LogP) is 3.35. The Morgan fingerprint density at radius 2 is 1.90 bits per heavy atom. The topological polar surface area (TPSA) is 29.9 Å². The van der Waals surface area contributed by atoms with Gasteiger partial charge in [0.2, 0.25) is 0 Å². The van der Waals surface area contributed by atoms with Gasteiger partial charge in [0, 0.05) is 5.69 Å². The molecule has 0 bridgehead atoms. The van der Waals surface area contributed by atoms with Crippen molar-refractivity contribution in [3.8, 4) is 5.69 Å². The highest BCUT2D eigenvalue weighted by Crippen LogP contribution is 2.31. The SMILES string of the molecule is CNC(C)(C)c1cncn1-c1cccc(C(F)(F)F)c1. The zero-order chi connectivity index (χ0) is 15.0. The number of rotatable bonds is 3. The predicted molar refractivity (Wildman–Crippen MR) is 70.7 cm³/mol. The summed E-state index contributed by atoms with van der Waals surface area (Å²) in [6.45, 7) is 3.88. The molecule has 108 valence electrons. The molecule has 1 aromatic heterocycles. The molecule has 0 saturated carbocycles. The standard InChI is InChI=1S/C14H16F3N3/c1-13(2,18-3)12-8-19-9-20(12)11-6-4-5-10(7-11)14(15,16)17/h4-9,18H,1-3H3. The van der Waals surface area contributed by atoms with E-state index in [1.165, 1.54) is 12.4 Å². The average Bonchev–Trinajstić information content (AvgIpc) is 2.88. The first-order chi connectivity index (χ1) is 9.25. The van der Waals surface area contributed by atoms with Crippen molar-refractivity contribution < 1.29 is 13.2 Å². The molecule has 0 atom stereocenters. The Hall–Kier alpha value is -1.82. The summed E-state index contributed by atoms with van der Waals surface area (Å²) >= 11 is 0. The van der Waals surface area contributed by atoms with Crippen LogP contribution in [-0.4, -0.2) is 16.6 Å². The van der Waals surface area contributed by atoms with Crippen molar-refractivity contribution in [1.82, 2.24) is 14.9 Å². The van der Waals surface area contributed by atoms with Crippen LogP contribution in [0.3, 0.4) is 0 Å². The molecule has 0 amide bonds. The van der Waals surface area contributed by atoms with Crippen molar-refractivity contribution in [2.45, 2.75) is 25.6 Å². The maximum atomic E-state index is 12.8. The number of alkyl halides is 3. The van der Waals surface area contributed by atoms with Gasteiger partial charge in [-0.3, -0.25) is 0 Å². The molecular formula is C14H16F3N3.